The lowest BCUT2D eigenvalue weighted by atomic mass is 9.97. The minimum Gasteiger partial charge on any atom is -0.310 e. The Kier molecular flexibility index (Phi) is 3.55. The van der Waals surface area contributed by atoms with E-state index in [4.69, 9.17) is 0 Å². The minimum absolute atomic E-state index is 0.0965. The fourth-order valence-corrected chi connectivity index (χ4v) is 2.14. The van der Waals surface area contributed by atoms with Crippen LogP contribution in [0.3, 0.4) is 0 Å². The van der Waals surface area contributed by atoms with Crippen LogP contribution in [0.4, 0.5) is 0 Å². The molecule has 1 N–H and O–H groups in total. The summed E-state index contributed by atoms with van der Waals surface area (Å²) in [7, 11) is 1.83. The second-order valence-corrected chi connectivity index (χ2v) is 4.29. The maximum atomic E-state index is 11.5. The quantitative estimate of drug-likeness (QED) is 0.869. The highest BCUT2D eigenvalue weighted by atomic mass is 16.1. The van der Waals surface area contributed by atoms with E-state index in [1.807, 2.05) is 25.2 Å². The van der Waals surface area contributed by atoms with Gasteiger partial charge in [-0.05, 0) is 36.7 Å². The fraction of sp³-hybridized carbons (Fsp3) is 0.267. The van der Waals surface area contributed by atoms with Gasteiger partial charge < -0.3 is 5.32 Å². The molecule has 0 radical (unpaired) electrons. The molecule has 2 heteroatoms. The second kappa shape index (κ2) is 5.11. The maximum absolute atomic E-state index is 11.5. The van der Waals surface area contributed by atoms with Crippen molar-refractivity contribution in [2.75, 3.05) is 7.05 Å². The Balaban J connectivity index is 2.38. The SMILES string of the molecule is CNC(Cc1cccc2ccccc12)C(C)=O. The highest BCUT2D eigenvalue weighted by molar-refractivity contribution is 5.87. The molecular formula is C15H17NO. The van der Waals surface area contributed by atoms with Crippen molar-refractivity contribution >= 4 is 16.6 Å². The number of fused-ring (bicyclic) bond motifs is 1. The molecule has 0 saturated heterocycles. The number of likely N-dealkylation sites (N-methyl/N-ethyl adjacent to an activating group) is 1. The molecule has 17 heavy (non-hydrogen) atoms. The molecule has 0 bridgehead atoms. The second-order valence-electron chi connectivity index (χ2n) is 4.29. The predicted molar refractivity (Wildman–Crippen MR) is 71.2 cm³/mol. The normalized spacial score (nSPS) is 12.6. The van der Waals surface area contributed by atoms with Crippen LogP contribution < -0.4 is 5.32 Å². The van der Waals surface area contributed by atoms with Crippen molar-refractivity contribution in [2.24, 2.45) is 0 Å². The van der Waals surface area contributed by atoms with Gasteiger partial charge in [0, 0.05) is 0 Å². The van der Waals surface area contributed by atoms with Crippen molar-refractivity contribution in [3.63, 3.8) is 0 Å². The number of hydrogen-bond acceptors (Lipinski definition) is 2. The van der Waals surface area contributed by atoms with E-state index >= 15 is 0 Å². The summed E-state index contributed by atoms with van der Waals surface area (Å²) in [5.41, 5.74) is 1.22. The van der Waals surface area contributed by atoms with Crippen LogP contribution in [0, 0.1) is 0 Å². The first kappa shape index (κ1) is 11.8. The summed E-state index contributed by atoms with van der Waals surface area (Å²) in [5, 5.41) is 5.52. The first-order valence-electron chi connectivity index (χ1n) is 5.86. The summed E-state index contributed by atoms with van der Waals surface area (Å²) in [6, 6.07) is 14.4. The van der Waals surface area contributed by atoms with Crippen LogP contribution in [-0.2, 0) is 11.2 Å². The van der Waals surface area contributed by atoms with E-state index in [9.17, 15) is 4.79 Å². The molecule has 2 rings (SSSR count). The summed E-state index contributed by atoms with van der Waals surface area (Å²) in [6.45, 7) is 1.63. The first-order valence-corrected chi connectivity index (χ1v) is 5.86. The Hall–Kier alpha value is -1.67. The van der Waals surface area contributed by atoms with Gasteiger partial charge in [0.2, 0.25) is 0 Å². The standard InChI is InChI=1S/C15H17NO/c1-11(17)15(16-2)10-13-8-5-7-12-6-3-4-9-14(12)13/h3-9,15-16H,10H2,1-2H3. The van der Waals surface area contributed by atoms with E-state index < -0.39 is 0 Å². The van der Waals surface area contributed by atoms with Crippen LogP contribution in [-0.4, -0.2) is 18.9 Å². The Morgan fingerprint density at radius 1 is 1.18 bits per heavy atom. The largest absolute Gasteiger partial charge is 0.310 e. The average molecular weight is 227 g/mol. The molecule has 1 atom stereocenters. The first-order chi connectivity index (χ1) is 8.22. The van der Waals surface area contributed by atoms with Crippen molar-refractivity contribution < 1.29 is 4.79 Å². The van der Waals surface area contributed by atoms with Crippen molar-refractivity contribution in [3.8, 4) is 0 Å². The van der Waals surface area contributed by atoms with Gasteiger partial charge in [-0.1, -0.05) is 42.5 Å². The van der Waals surface area contributed by atoms with Crippen molar-refractivity contribution in [1.82, 2.24) is 5.32 Å². The van der Waals surface area contributed by atoms with Crippen LogP contribution in [0.15, 0.2) is 42.5 Å². The molecule has 0 spiro atoms. The zero-order valence-corrected chi connectivity index (χ0v) is 10.2. The molecule has 2 aromatic rings. The number of hydrogen-bond donors (Lipinski definition) is 1. The van der Waals surface area contributed by atoms with E-state index in [1.165, 1.54) is 16.3 Å². The molecule has 2 aromatic carbocycles. The molecule has 2 nitrogen and oxygen atoms in total. The molecule has 0 aliphatic carbocycles. The predicted octanol–water partition coefficient (Wildman–Crippen LogP) is 2.56. The smallest absolute Gasteiger partial charge is 0.147 e. The fourth-order valence-electron chi connectivity index (χ4n) is 2.14. The van der Waals surface area contributed by atoms with Crippen molar-refractivity contribution in [3.05, 3.63) is 48.0 Å². The number of carbonyl (C=O) groups is 1. The molecule has 1 unspecified atom stereocenters. The Morgan fingerprint density at radius 3 is 2.59 bits per heavy atom. The van der Waals surface area contributed by atoms with Gasteiger partial charge in [-0.15, -0.1) is 0 Å². The zero-order valence-electron chi connectivity index (χ0n) is 10.2. The van der Waals surface area contributed by atoms with Gasteiger partial charge in [0.15, 0.2) is 0 Å². The van der Waals surface area contributed by atoms with E-state index in [0.29, 0.717) is 0 Å². The van der Waals surface area contributed by atoms with Crippen LogP contribution in [0.1, 0.15) is 12.5 Å². The summed E-state index contributed by atoms with van der Waals surface area (Å²) in [4.78, 5) is 11.5. The number of nitrogens with one attached hydrogen (secondary N) is 1. The van der Waals surface area contributed by atoms with Gasteiger partial charge >= 0.3 is 0 Å². The van der Waals surface area contributed by atoms with Crippen LogP contribution in [0.5, 0.6) is 0 Å². The highest BCUT2D eigenvalue weighted by Gasteiger charge is 2.13. The third-order valence-corrected chi connectivity index (χ3v) is 3.14. The number of Topliss-reactive ketones (excluding diaryl/α,β-unsaturated/α-hetero) is 1. The minimum atomic E-state index is -0.0965. The van der Waals surface area contributed by atoms with Crippen molar-refractivity contribution in [2.45, 2.75) is 19.4 Å². The molecule has 0 heterocycles. The lowest BCUT2D eigenvalue weighted by Crippen LogP contribution is -2.34. The molecule has 0 aliphatic heterocycles. The number of benzene rings is 2. The molecule has 0 aromatic heterocycles. The molecule has 0 fully saturated rings. The summed E-state index contributed by atoms with van der Waals surface area (Å²) >= 11 is 0. The van der Waals surface area contributed by atoms with E-state index in [2.05, 4.69) is 29.6 Å². The number of carbonyl (C=O) groups excluding carboxylic acids is 1. The third kappa shape index (κ3) is 2.53. The van der Waals surface area contributed by atoms with Gasteiger partial charge in [-0.2, -0.15) is 0 Å². The molecule has 88 valence electrons. The topological polar surface area (TPSA) is 29.1 Å². The van der Waals surface area contributed by atoms with Gasteiger partial charge in [0.25, 0.3) is 0 Å². The molecular weight excluding hydrogens is 210 g/mol. The summed E-state index contributed by atoms with van der Waals surface area (Å²) in [6.07, 6.45) is 0.743. The third-order valence-electron chi connectivity index (χ3n) is 3.14. The highest BCUT2D eigenvalue weighted by Crippen LogP contribution is 2.19. The molecule has 0 aliphatic rings. The van der Waals surface area contributed by atoms with Gasteiger partial charge in [-0.25, -0.2) is 0 Å². The summed E-state index contributed by atoms with van der Waals surface area (Å²) < 4.78 is 0. The van der Waals surface area contributed by atoms with E-state index in [1.54, 1.807) is 6.92 Å². The number of rotatable bonds is 4. The Bertz CT molecular complexity index is 528. The van der Waals surface area contributed by atoms with E-state index in [-0.39, 0.29) is 11.8 Å². The average Bonchev–Trinajstić information content (AvgIpc) is 2.35. The van der Waals surface area contributed by atoms with Gasteiger partial charge in [-0.3, -0.25) is 4.79 Å². The van der Waals surface area contributed by atoms with Crippen molar-refractivity contribution in [1.29, 1.82) is 0 Å². The lowest BCUT2D eigenvalue weighted by Gasteiger charge is -2.14. The molecule has 0 saturated carbocycles. The zero-order chi connectivity index (χ0) is 12.3. The van der Waals surface area contributed by atoms with Crippen LogP contribution in [0.25, 0.3) is 10.8 Å². The molecule has 0 amide bonds. The Morgan fingerprint density at radius 2 is 1.88 bits per heavy atom. The lowest BCUT2D eigenvalue weighted by molar-refractivity contribution is -0.118. The summed E-state index contributed by atoms with van der Waals surface area (Å²) in [5.74, 6) is 0.181. The number of ketones is 1. The van der Waals surface area contributed by atoms with Gasteiger partial charge in [0.1, 0.15) is 5.78 Å². The van der Waals surface area contributed by atoms with E-state index in [0.717, 1.165) is 6.42 Å². The Labute approximate surface area is 102 Å². The maximum Gasteiger partial charge on any atom is 0.147 e. The van der Waals surface area contributed by atoms with Crippen LogP contribution >= 0.6 is 0 Å². The van der Waals surface area contributed by atoms with Crippen LogP contribution in [0.2, 0.25) is 0 Å². The van der Waals surface area contributed by atoms with Gasteiger partial charge in [0.05, 0.1) is 6.04 Å². The monoisotopic (exact) mass is 227 g/mol.